The normalized spacial score (nSPS) is 20.3. The summed E-state index contributed by atoms with van der Waals surface area (Å²) in [5, 5.41) is 7.40. The number of hydrogen-bond acceptors (Lipinski definition) is 6. The van der Waals surface area contributed by atoms with E-state index >= 15 is 0 Å². The smallest absolute Gasteiger partial charge is 0.322 e. The summed E-state index contributed by atoms with van der Waals surface area (Å²) in [6.07, 6.45) is 2.93. The molecule has 2 aromatic carbocycles. The van der Waals surface area contributed by atoms with E-state index in [-0.39, 0.29) is 12.1 Å². The molecule has 2 aliphatic heterocycles. The monoisotopic (exact) mass is 474 g/mol. The molecule has 2 atom stereocenters. The second kappa shape index (κ2) is 9.92. The van der Waals surface area contributed by atoms with Gasteiger partial charge in [-0.2, -0.15) is 4.98 Å². The summed E-state index contributed by atoms with van der Waals surface area (Å²) in [5.41, 5.74) is 4.58. The number of hydrogen-bond donors (Lipinski definition) is 1. The van der Waals surface area contributed by atoms with Crippen molar-refractivity contribution in [2.24, 2.45) is 0 Å². The second-order valence-corrected chi connectivity index (χ2v) is 8.87. The van der Waals surface area contributed by atoms with Crippen LogP contribution < -0.4 is 10.1 Å². The number of aromatic nitrogens is 2. The van der Waals surface area contributed by atoms with E-state index in [1.54, 1.807) is 12.0 Å². The van der Waals surface area contributed by atoms with Gasteiger partial charge in [-0.15, -0.1) is 0 Å². The summed E-state index contributed by atoms with van der Waals surface area (Å²) in [4.78, 5) is 19.7. The number of nitrogens with zero attached hydrogens (tertiary/aromatic N) is 3. The van der Waals surface area contributed by atoms with Crippen molar-refractivity contribution in [2.45, 2.75) is 45.3 Å². The summed E-state index contributed by atoms with van der Waals surface area (Å²) in [5.74, 6) is 1.64. The van der Waals surface area contributed by atoms with Gasteiger partial charge in [-0.3, -0.25) is 4.90 Å². The van der Waals surface area contributed by atoms with Crippen molar-refractivity contribution in [3.05, 3.63) is 71.2 Å². The molecule has 1 saturated heterocycles. The number of carbonyl (C=O) groups is 1. The summed E-state index contributed by atoms with van der Waals surface area (Å²) in [7, 11) is 1.63. The highest BCUT2D eigenvalue weighted by Crippen LogP contribution is 2.38. The van der Waals surface area contributed by atoms with Crippen molar-refractivity contribution < 1.29 is 18.8 Å². The lowest BCUT2D eigenvalue weighted by molar-refractivity contribution is 0.0877. The highest BCUT2D eigenvalue weighted by atomic mass is 16.5. The van der Waals surface area contributed by atoms with Crippen LogP contribution in [-0.2, 0) is 11.2 Å². The molecule has 0 aliphatic carbocycles. The van der Waals surface area contributed by atoms with Crippen molar-refractivity contribution >= 4 is 11.6 Å². The molecular formula is C27H30N4O4. The van der Waals surface area contributed by atoms with Crippen LogP contribution in [0.2, 0.25) is 0 Å². The maximum atomic E-state index is 13.2. The topological polar surface area (TPSA) is 89.7 Å². The quantitative estimate of drug-likeness (QED) is 0.519. The zero-order valence-electron chi connectivity index (χ0n) is 20.3. The van der Waals surface area contributed by atoms with Crippen molar-refractivity contribution in [1.82, 2.24) is 20.4 Å². The molecule has 0 saturated carbocycles. The van der Waals surface area contributed by atoms with Crippen LogP contribution in [0.15, 0.2) is 58.8 Å². The van der Waals surface area contributed by atoms with Gasteiger partial charge < -0.3 is 19.3 Å². The molecule has 3 heterocycles. The highest BCUT2D eigenvalue weighted by Gasteiger charge is 2.37. The number of aryl methyl sites for hydroxylation is 1. The van der Waals surface area contributed by atoms with Gasteiger partial charge in [0, 0.05) is 17.9 Å². The van der Waals surface area contributed by atoms with E-state index in [0.29, 0.717) is 18.3 Å². The Morgan fingerprint density at radius 1 is 1.14 bits per heavy atom. The lowest BCUT2D eigenvalue weighted by Gasteiger charge is -2.36. The fourth-order valence-corrected chi connectivity index (χ4v) is 4.66. The van der Waals surface area contributed by atoms with Crippen LogP contribution in [-0.4, -0.2) is 47.4 Å². The lowest BCUT2D eigenvalue weighted by Crippen LogP contribution is -2.48. The number of nitrogens with one attached hydrogen (secondary N) is 1. The minimum Gasteiger partial charge on any atom is -0.497 e. The molecule has 3 aromatic rings. The molecule has 35 heavy (non-hydrogen) atoms. The van der Waals surface area contributed by atoms with Gasteiger partial charge in [0.05, 0.1) is 31.4 Å². The Kier molecular flexibility index (Phi) is 6.55. The van der Waals surface area contributed by atoms with Crippen LogP contribution in [0, 0.1) is 0 Å². The first kappa shape index (κ1) is 23.1. The Labute approximate surface area is 204 Å². The molecule has 2 amide bonds. The Bertz CT molecular complexity index is 1210. The van der Waals surface area contributed by atoms with Crippen LogP contribution in [0.4, 0.5) is 4.79 Å². The molecule has 0 radical (unpaired) electrons. The first-order chi connectivity index (χ1) is 17.1. The SMILES string of the molecule is CCc1ccc(-c2noc(C3=C(C)N(CC4CCCO4)C(=O)NC3c3ccc(OC)cc3)n2)cc1. The van der Waals surface area contributed by atoms with Crippen molar-refractivity contribution in [3.63, 3.8) is 0 Å². The van der Waals surface area contributed by atoms with Gasteiger partial charge in [-0.05, 0) is 49.4 Å². The molecule has 0 spiro atoms. The van der Waals surface area contributed by atoms with Crippen molar-refractivity contribution in [2.75, 3.05) is 20.3 Å². The average molecular weight is 475 g/mol. The first-order valence-corrected chi connectivity index (χ1v) is 12.0. The van der Waals surface area contributed by atoms with Gasteiger partial charge in [0.1, 0.15) is 5.75 Å². The molecule has 8 heteroatoms. The van der Waals surface area contributed by atoms with E-state index in [1.807, 2.05) is 43.3 Å². The van der Waals surface area contributed by atoms with Gasteiger partial charge in [0.25, 0.3) is 5.89 Å². The van der Waals surface area contributed by atoms with Crippen LogP contribution >= 0.6 is 0 Å². The third-order valence-corrected chi connectivity index (χ3v) is 6.73. The van der Waals surface area contributed by atoms with E-state index in [9.17, 15) is 4.79 Å². The van der Waals surface area contributed by atoms with Crippen molar-refractivity contribution in [3.8, 4) is 17.1 Å². The number of rotatable bonds is 7. The van der Waals surface area contributed by atoms with Gasteiger partial charge in [-0.25, -0.2) is 4.79 Å². The number of ether oxygens (including phenoxy) is 2. The molecule has 1 aromatic heterocycles. The summed E-state index contributed by atoms with van der Waals surface area (Å²) in [6.45, 7) is 5.26. The Morgan fingerprint density at radius 2 is 1.91 bits per heavy atom. The number of carbonyl (C=O) groups excluding carboxylic acids is 1. The summed E-state index contributed by atoms with van der Waals surface area (Å²) < 4.78 is 16.9. The van der Waals surface area contributed by atoms with Gasteiger partial charge >= 0.3 is 6.03 Å². The number of urea groups is 1. The van der Waals surface area contributed by atoms with E-state index in [0.717, 1.165) is 54.0 Å². The molecule has 8 nitrogen and oxygen atoms in total. The largest absolute Gasteiger partial charge is 0.497 e. The molecule has 0 bridgehead atoms. The minimum atomic E-state index is -0.440. The van der Waals surface area contributed by atoms with E-state index in [2.05, 4.69) is 29.5 Å². The van der Waals surface area contributed by atoms with Gasteiger partial charge in [-0.1, -0.05) is 48.5 Å². The molecule has 2 aliphatic rings. The fourth-order valence-electron chi connectivity index (χ4n) is 4.66. The van der Waals surface area contributed by atoms with Crippen LogP contribution in [0.25, 0.3) is 17.0 Å². The highest BCUT2D eigenvalue weighted by molar-refractivity contribution is 5.87. The molecule has 182 valence electrons. The number of benzene rings is 2. The van der Waals surface area contributed by atoms with E-state index in [4.69, 9.17) is 19.0 Å². The standard InChI is InChI=1S/C27H30N4O4/c1-4-18-7-9-20(10-8-18)25-29-26(35-30-25)23-17(2)31(16-22-6-5-15-34-22)27(32)28-24(23)19-11-13-21(33-3)14-12-19/h7-14,22,24H,4-6,15-16H2,1-3H3,(H,28,32). The third kappa shape index (κ3) is 4.66. The first-order valence-electron chi connectivity index (χ1n) is 12.0. The maximum Gasteiger partial charge on any atom is 0.322 e. The Morgan fingerprint density at radius 3 is 2.57 bits per heavy atom. The number of methoxy groups -OCH3 is 1. The van der Waals surface area contributed by atoms with Gasteiger partial charge in [0.2, 0.25) is 5.82 Å². The molecule has 1 fully saturated rings. The molecule has 2 unspecified atom stereocenters. The third-order valence-electron chi connectivity index (χ3n) is 6.73. The second-order valence-electron chi connectivity index (χ2n) is 8.87. The predicted molar refractivity (Wildman–Crippen MR) is 132 cm³/mol. The molecule has 1 N–H and O–H groups in total. The lowest BCUT2D eigenvalue weighted by atomic mass is 9.94. The van der Waals surface area contributed by atoms with Gasteiger partial charge in [0.15, 0.2) is 0 Å². The summed E-state index contributed by atoms with van der Waals surface area (Å²) >= 11 is 0. The fraction of sp³-hybridized carbons (Fsp3) is 0.370. The number of amides is 2. The predicted octanol–water partition coefficient (Wildman–Crippen LogP) is 4.98. The van der Waals surface area contributed by atoms with Crippen LogP contribution in [0.1, 0.15) is 49.7 Å². The molecular weight excluding hydrogens is 444 g/mol. The zero-order valence-corrected chi connectivity index (χ0v) is 20.3. The summed E-state index contributed by atoms with van der Waals surface area (Å²) in [6, 6.07) is 15.2. The minimum absolute atomic E-state index is 0.0183. The average Bonchev–Trinajstić information content (AvgIpc) is 3.59. The van der Waals surface area contributed by atoms with Crippen LogP contribution in [0.5, 0.6) is 5.75 Å². The Balaban J connectivity index is 1.54. The molecule has 5 rings (SSSR count). The van der Waals surface area contributed by atoms with Crippen LogP contribution in [0.3, 0.4) is 0 Å². The zero-order chi connectivity index (χ0) is 24.4. The van der Waals surface area contributed by atoms with Crippen molar-refractivity contribution in [1.29, 1.82) is 0 Å². The number of allylic oxidation sites excluding steroid dienone is 1. The van der Waals surface area contributed by atoms with E-state index in [1.165, 1.54) is 5.56 Å². The Hall–Kier alpha value is -3.65. The maximum absolute atomic E-state index is 13.2. The van der Waals surface area contributed by atoms with E-state index < -0.39 is 6.04 Å².